The minimum absolute atomic E-state index is 0.0190. The van der Waals surface area contributed by atoms with Gasteiger partial charge < -0.3 is 5.32 Å². The van der Waals surface area contributed by atoms with Gasteiger partial charge in [0.05, 0.1) is 11.3 Å². The van der Waals surface area contributed by atoms with Crippen LogP contribution in [0, 0.1) is 17.3 Å². The molecule has 0 bridgehead atoms. The number of fused-ring (bicyclic) bond motifs is 1. The summed E-state index contributed by atoms with van der Waals surface area (Å²) in [5.41, 5.74) is 3.22. The summed E-state index contributed by atoms with van der Waals surface area (Å²) < 4.78 is 0. The fraction of sp³-hybridized carbons (Fsp3) is 0.263. The number of nitrogens with one attached hydrogen (secondary N) is 1. The van der Waals surface area contributed by atoms with E-state index >= 15 is 0 Å². The molecule has 0 saturated carbocycles. The molecule has 1 aliphatic heterocycles. The molecule has 3 nitrogen and oxygen atoms in total. The number of pyridine rings is 1. The minimum Gasteiger partial charge on any atom is -0.351 e. The maximum absolute atomic E-state index is 12.2. The third-order valence-electron chi connectivity index (χ3n) is 3.71. The van der Waals surface area contributed by atoms with Gasteiger partial charge in [0, 0.05) is 23.9 Å². The zero-order valence-electron chi connectivity index (χ0n) is 12.8. The smallest absolute Gasteiger partial charge is 0.253 e. The van der Waals surface area contributed by atoms with Crippen molar-refractivity contribution in [3.05, 3.63) is 65.0 Å². The summed E-state index contributed by atoms with van der Waals surface area (Å²) in [4.78, 5) is 16.7. The lowest BCUT2D eigenvalue weighted by molar-refractivity contribution is 0.0944. The van der Waals surface area contributed by atoms with E-state index in [-0.39, 0.29) is 11.3 Å². The van der Waals surface area contributed by atoms with Crippen molar-refractivity contribution in [2.75, 3.05) is 6.54 Å². The topological polar surface area (TPSA) is 42.0 Å². The summed E-state index contributed by atoms with van der Waals surface area (Å²) in [5.74, 6) is 6.11. The molecule has 22 heavy (non-hydrogen) atoms. The first-order chi connectivity index (χ1) is 10.5. The molecule has 2 aromatic rings. The van der Waals surface area contributed by atoms with Crippen LogP contribution in [0.25, 0.3) is 0 Å². The van der Waals surface area contributed by atoms with Gasteiger partial charge in [-0.2, -0.15) is 0 Å². The Morgan fingerprint density at radius 1 is 1.14 bits per heavy atom. The number of carbonyl (C=O) groups is 1. The number of carbonyl (C=O) groups excluding carboxylic acids is 1. The first-order valence-electron chi connectivity index (χ1n) is 7.38. The Morgan fingerprint density at radius 2 is 1.86 bits per heavy atom. The van der Waals surface area contributed by atoms with E-state index in [4.69, 9.17) is 0 Å². The summed E-state index contributed by atoms with van der Waals surface area (Å²) in [7, 11) is 0. The molecule has 0 saturated heterocycles. The van der Waals surface area contributed by atoms with Crippen molar-refractivity contribution in [1.29, 1.82) is 0 Å². The molecule has 1 aromatic carbocycles. The summed E-state index contributed by atoms with van der Waals surface area (Å²) >= 11 is 0. The first-order valence-corrected chi connectivity index (χ1v) is 7.38. The Hall–Kier alpha value is -2.60. The fourth-order valence-electron chi connectivity index (χ4n) is 2.50. The highest BCUT2D eigenvalue weighted by Gasteiger charge is 2.27. The molecule has 2 heterocycles. The fourth-order valence-corrected chi connectivity index (χ4v) is 2.50. The van der Waals surface area contributed by atoms with E-state index in [0.29, 0.717) is 12.1 Å². The minimum atomic E-state index is -0.0589. The second-order valence-corrected chi connectivity index (χ2v) is 6.36. The lowest BCUT2D eigenvalue weighted by Crippen LogP contribution is -2.31. The number of hydrogen-bond acceptors (Lipinski definition) is 2. The predicted molar refractivity (Wildman–Crippen MR) is 86.5 cm³/mol. The van der Waals surface area contributed by atoms with Crippen molar-refractivity contribution < 1.29 is 4.79 Å². The maximum atomic E-state index is 12.2. The van der Waals surface area contributed by atoms with Crippen LogP contribution in [0.1, 0.15) is 41.0 Å². The van der Waals surface area contributed by atoms with Crippen LogP contribution in [-0.4, -0.2) is 17.4 Å². The van der Waals surface area contributed by atoms with E-state index in [1.54, 1.807) is 6.20 Å². The Kier molecular flexibility index (Phi) is 3.68. The van der Waals surface area contributed by atoms with Gasteiger partial charge in [-0.05, 0) is 30.0 Å². The third-order valence-corrected chi connectivity index (χ3v) is 3.71. The molecule has 3 rings (SSSR count). The average Bonchev–Trinajstić information content (AvgIpc) is 2.63. The molecule has 0 spiro atoms. The summed E-state index contributed by atoms with van der Waals surface area (Å²) in [6.45, 7) is 4.92. The van der Waals surface area contributed by atoms with Crippen LogP contribution in [-0.2, 0) is 6.42 Å². The molecule has 3 heteroatoms. The monoisotopic (exact) mass is 290 g/mol. The Balaban J connectivity index is 1.94. The van der Waals surface area contributed by atoms with Gasteiger partial charge in [0.1, 0.15) is 0 Å². The van der Waals surface area contributed by atoms with Crippen LogP contribution in [0.4, 0.5) is 0 Å². The van der Waals surface area contributed by atoms with Crippen LogP contribution in [0.5, 0.6) is 0 Å². The van der Waals surface area contributed by atoms with Crippen molar-refractivity contribution in [2.24, 2.45) is 5.41 Å². The number of nitrogens with zero attached hydrogens (tertiary/aromatic N) is 1. The molecule has 1 aliphatic rings. The van der Waals surface area contributed by atoms with Crippen molar-refractivity contribution in [1.82, 2.24) is 10.3 Å². The predicted octanol–water partition coefficient (Wildman–Crippen LogP) is 2.79. The SMILES string of the molecule is CC1(C)CNC(=O)c2cc(C#Cc3ccccc3)cnc2C1. The number of rotatable bonds is 0. The van der Waals surface area contributed by atoms with Gasteiger partial charge in [0.15, 0.2) is 0 Å². The average molecular weight is 290 g/mol. The van der Waals surface area contributed by atoms with E-state index < -0.39 is 0 Å². The van der Waals surface area contributed by atoms with Crippen LogP contribution in [0.2, 0.25) is 0 Å². The van der Waals surface area contributed by atoms with Gasteiger partial charge >= 0.3 is 0 Å². The van der Waals surface area contributed by atoms with E-state index in [1.807, 2.05) is 36.4 Å². The van der Waals surface area contributed by atoms with Gasteiger partial charge in [-0.1, -0.05) is 43.9 Å². The normalized spacial score (nSPS) is 15.8. The van der Waals surface area contributed by atoms with Crippen molar-refractivity contribution in [3.63, 3.8) is 0 Å². The Morgan fingerprint density at radius 3 is 2.64 bits per heavy atom. The van der Waals surface area contributed by atoms with Gasteiger partial charge in [-0.3, -0.25) is 9.78 Å². The lowest BCUT2D eigenvalue weighted by Gasteiger charge is -2.21. The van der Waals surface area contributed by atoms with Crippen LogP contribution in [0.15, 0.2) is 42.6 Å². The van der Waals surface area contributed by atoms with Crippen molar-refractivity contribution >= 4 is 5.91 Å². The summed E-state index contributed by atoms with van der Waals surface area (Å²) in [5, 5.41) is 2.96. The molecule has 0 unspecified atom stereocenters. The van der Waals surface area contributed by atoms with Crippen molar-refractivity contribution in [3.8, 4) is 11.8 Å². The van der Waals surface area contributed by atoms with Crippen LogP contribution in [0.3, 0.4) is 0 Å². The number of amides is 1. The zero-order valence-corrected chi connectivity index (χ0v) is 12.8. The maximum Gasteiger partial charge on any atom is 0.253 e. The molecule has 0 aliphatic carbocycles. The molecular formula is C19H18N2O. The summed E-state index contributed by atoms with van der Waals surface area (Å²) in [6.07, 6.45) is 2.54. The molecule has 1 aromatic heterocycles. The van der Waals surface area contributed by atoms with Crippen LogP contribution >= 0.6 is 0 Å². The summed E-state index contributed by atoms with van der Waals surface area (Å²) in [6, 6.07) is 11.6. The highest BCUT2D eigenvalue weighted by molar-refractivity contribution is 5.96. The molecule has 0 radical (unpaired) electrons. The third kappa shape index (κ3) is 3.17. The van der Waals surface area contributed by atoms with Crippen molar-refractivity contribution in [2.45, 2.75) is 20.3 Å². The second-order valence-electron chi connectivity index (χ2n) is 6.36. The number of benzene rings is 1. The quantitative estimate of drug-likeness (QED) is 0.758. The standard InChI is InChI=1S/C19H18N2O/c1-19(2)11-17-16(18(22)21-13-19)10-15(12-20-17)9-8-14-6-4-3-5-7-14/h3-7,10,12H,11,13H2,1-2H3,(H,21,22). The molecular weight excluding hydrogens is 272 g/mol. The van der Waals surface area contributed by atoms with Crippen LogP contribution < -0.4 is 5.32 Å². The zero-order chi connectivity index (χ0) is 15.6. The second kappa shape index (κ2) is 5.65. The number of aromatic nitrogens is 1. The van der Waals surface area contributed by atoms with Gasteiger partial charge in [-0.25, -0.2) is 0 Å². The Labute approximate surface area is 130 Å². The lowest BCUT2D eigenvalue weighted by atomic mass is 9.87. The number of hydrogen-bond donors (Lipinski definition) is 1. The van der Waals surface area contributed by atoms with E-state index in [2.05, 4.69) is 36.0 Å². The molecule has 0 fully saturated rings. The van der Waals surface area contributed by atoms with E-state index in [0.717, 1.165) is 23.2 Å². The highest BCUT2D eigenvalue weighted by atomic mass is 16.1. The molecule has 1 N–H and O–H groups in total. The van der Waals surface area contributed by atoms with E-state index in [9.17, 15) is 4.79 Å². The van der Waals surface area contributed by atoms with Gasteiger partial charge in [0.2, 0.25) is 0 Å². The highest BCUT2D eigenvalue weighted by Crippen LogP contribution is 2.25. The molecule has 1 amide bonds. The Bertz CT molecular complexity index is 767. The molecule has 110 valence electrons. The molecule has 0 atom stereocenters. The van der Waals surface area contributed by atoms with E-state index in [1.165, 1.54) is 0 Å². The van der Waals surface area contributed by atoms with Gasteiger partial charge in [0.25, 0.3) is 5.91 Å². The van der Waals surface area contributed by atoms with Gasteiger partial charge in [-0.15, -0.1) is 0 Å². The first kappa shape index (κ1) is 14.3. The largest absolute Gasteiger partial charge is 0.351 e.